The number of nitrogens with zero attached hydrogens (tertiary/aromatic N) is 3. The van der Waals surface area contributed by atoms with Crippen LogP contribution in [0.15, 0.2) is 12.1 Å². The Balaban J connectivity index is 2.05. The van der Waals surface area contributed by atoms with Crippen LogP contribution in [-0.4, -0.2) is 46.7 Å². The van der Waals surface area contributed by atoms with Crippen LogP contribution in [-0.2, 0) is 6.61 Å². The van der Waals surface area contributed by atoms with Crippen molar-refractivity contribution in [2.75, 3.05) is 31.1 Å². The molecule has 0 aromatic carbocycles. The molecule has 5 heteroatoms. The molecule has 2 rings (SSSR count). The minimum Gasteiger partial charge on any atom is -0.390 e. The minimum absolute atomic E-state index is 0.116. The highest BCUT2D eigenvalue weighted by Crippen LogP contribution is 2.22. The zero-order valence-corrected chi connectivity index (χ0v) is 12.6. The molecule has 106 valence electrons. The van der Waals surface area contributed by atoms with Crippen molar-refractivity contribution >= 4 is 17.4 Å². The number of aliphatic hydroxyl groups excluding tert-OH is 1. The van der Waals surface area contributed by atoms with Gasteiger partial charge in [0, 0.05) is 31.7 Å². The highest BCUT2D eigenvalue weighted by atomic mass is 35.5. The maximum atomic E-state index is 9.22. The van der Waals surface area contributed by atoms with Crippen LogP contribution in [0.2, 0.25) is 5.02 Å². The summed E-state index contributed by atoms with van der Waals surface area (Å²) in [5, 5.41) is 9.74. The smallest absolute Gasteiger partial charge is 0.129 e. The molecule has 19 heavy (non-hydrogen) atoms. The Hall–Kier alpha value is -0.840. The van der Waals surface area contributed by atoms with Gasteiger partial charge in [-0.1, -0.05) is 11.6 Å². The standard InChI is InChI=1S/C14H22ClN3O/c1-14(2,3)18-8-6-17(7-9-18)13-5-4-11(15)12(10-19)16-13/h4-5,19H,6-10H2,1-3H3. The third-order valence-electron chi connectivity index (χ3n) is 3.61. The third-order valence-corrected chi connectivity index (χ3v) is 3.95. The molecule has 0 amide bonds. The highest BCUT2D eigenvalue weighted by molar-refractivity contribution is 6.31. The SMILES string of the molecule is CC(C)(C)N1CCN(c2ccc(Cl)c(CO)n2)CC1. The summed E-state index contributed by atoms with van der Waals surface area (Å²) in [6.45, 7) is 10.6. The Bertz CT molecular complexity index is 437. The number of hydrogen-bond acceptors (Lipinski definition) is 4. The van der Waals surface area contributed by atoms with E-state index in [2.05, 4.69) is 35.6 Å². The van der Waals surface area contributed by atoms with E-state index < -0.39 is 0 Å². The fourth-order valence-corrected chi connectivity index (χ4v) is 2.53. The van der Waals surface area contributed by atoms with E-state index in [4.69, 9.17) is 11.6 Å². The lowest BCUT2D eigenvalue weighted by Crippen LogP contribution is -2.53. The molecule has 1 aliphatic heterocycles. The Morgan fingerprint density at radius 1 is 1.21 bits per heavy atom. The summed E-state index contributed by atoms with van der Waals surface area (Å²) in [5.41, 5.74) is 0.771. The lowest BCUT2D eigenvalue weighted by Gasteiger charge is -2.42. The van der Waals surface area contributed by atoms with Crippen LogP contribution in [0.1, 0.15) is 26.5 Å². The molecule has 1 aromatic heterocycles. The summed E-state index contributed by atoms with van der Waals surface area (Å²) >= 11 is 5.97. The van der Waals surface area contributed by atoms with Gasteiger partial charge in [-0.2, -0.15) is 0 Å². The van der Waals surface area contributed by atoms with E-state index in [1.807, 2.05) is 12.1 Å². The molecular formula is C14H22ClN3O. The fourth-order valence-electron chi connectivity index (χ4n) is 2.37. The van der Waals surface area contributed by atoms with E-state index >= 15 is 0 Å². The van der Waals surface area contributed by atoms with Crippen LogP contribution in [0, 0.1) is 0 Å². The molecule has 1 aliphatic rings. The van der Waals surface area contributed by atoms with Gasteiger partial charge in [0.2, 0.25) is 0 Å². The van der Waals surface area contributed by atoms with Crippen molar-refractivity contribution in [3.8, 4) is 0 Å². The predicted octanol–water partition coefficient (Wildman–Crippen LogP) is 2.15. The van der Waals surface area contributed by atoms with Crippen molar-refractivity contribution in [1.82, 2.24) is 9.88 Å². The summed E-state index contributed by atoms with van der Waals surface area (Å²) in [4.78, 5) is 9.15. The Morgan fingerprint density at radius 3 is 2.37 bits per heavy atom. The van der Waals surface area contributed by atoms with E-state index in [1.54, 1.807) is 0 Å². The van der Waals surface area contributed by atoms with E-state index in [0.717, 1.165) is 32.0 Å². The first-order valence-corrected chi connectivity index (χ1v) is 7.06. The minimum atomic E-state index is -0.116. The van der Waals surface area contributed by atoms with Crippen molar-refractivity contribution in [3.05, 3.63) is 22.8 Å². The molecule has 0 unspecified atom stereocenters. The molecule has 0 spiro atoms. The molecular weight excluding hydrogens is 262 g/mol. The molecule has 1 saturated heterocycles. The summed E-state index contributed by atoms with van der Waals surface area (Å²) in [6, 6.07) is 3.74. The Labute approximate surface area is 120 Å². The number of aliphatic hydroxyl groups is 1. The fraction of sp³-hybridized carbons (Fsp3) is 0.643. The van der Waals surface area contributed by atoms with Crippen LogP contribution in [0.5, 0.6) is 0 Å². The lowest BCUT2D eigenvalue weighted by molar-refractivity contribution is 0.128. The number of halogens is 1. The van der Waals surface area contributed by atoms with Gasteiger partial charge in [-0.15, -0.1) is 0 Å². The first kappa shape index (κ1) is 14.6. The quantitative estimate of drug-likeness (QED) is 0.903. The van der Waals surface area contributed by atoms with Crippen LogP contribution in [0.3, 0.4) is 0 Å². The van der Waals surface area contributed by atoms with Crippen LogP contribution in [0.25, 0.3) is 0 Å². The monoisotopic (exact) mass is 283 g/mol. The molecule has 4 nitrogen and oxygen atoms in total. The largest absolute Gasteiger partial charge is 0.390 e. The zero-order chi connectivity index (χ0) is 14.0. The second kappa shape index (κ2) is 5.65. The number of hydrogen-bond donors (Lipinski definition) is 1. The van der Waals surface area contributed by atoms with Gasteiger partial charge < -0.3 is 10.0 Å². The van der Waals surface area contributed by atoms with Crippen LogP contribution >= 0.6 is 11.6 Å². The van der Waals surface area contributed by atoms with Gasteiger partial charge in [0.05, 0.1) is 17.3 Å². The molecule has 0 atom stereocenters. The maximum Gasteiger partial charge on any atom is 0.129 e. The molecule has 2 heterocycles. The molecule has 0 saturated carbocycles. The van der Waals surface area contributed by atoms with Gasteiger partial charge in [-0.05, 0) is 32.9 Å². The van der Waals surface area contributed by atoms with Crippen molar-refractivity contribution in [1.29, 1.82) is 0 Å². The third kappa shape index (κ3) is 3.38. The van der Waals surface area contributed by atoms with E-state index in [1.165, 1.54) is 0 Å². The molecule has 0 aliphatic carbocycles. The van der Waals surface area contributed by atoms with Crippen LogP contribution in [0.4, 0.5) is 5.82 Å². The highest BCUT2D eigenvalue weighted by Gasteiger charge is 2.26. The molecule has 0 radical (unpaired) electrons. The normalized spacial score (nSPS) is 17.8. The average molecular weight is 284 g/mol. The summed E-state index contributed by atoms with van der Waals surface area (Å²) < 4.78 is 0. The molecule has 1 fully saturated rings. The molecule has 0 bridgehead atoms. The van der Waals surface area contributed by atoms with Gasteiger partial charge in [-0.25, -0.2) is 4.98 Å². The van der Waals surface area contributed by atoms with Crippen molar-refractivity contribution < 1.29 is 5.11 Å². The summed E-state index contributed by atoms with van der Waals surface area (Å²) in [6.07, 6.45) is 0. The van der Waals surface area contributed by atoms with E-state index in [0.29, 0.717) is 10.7 Å². The van der Waals surface area contributed by atoms with Gasteiger partial charge in [0.25, 0.3) is 0 Å². The summed E-state index contributed by atoms with van der Waals surface area (Å²) in [5.74, 6) is 0.905. The van der Waals surface area contributed by atoms with Gasteiger partial charge >= 0.3 is 0 Å². The van der Waals surface area contributed by atoms with Gasteiger partial charge in [0.1, 0.15) is 5.82 Å². The second-order valence-corrected chi connectivity index (χ2v) is 6.31. The second-order valence-electron chi connectivity index (χ2n) is 5.90. The van der Waals surface area contributed by atoms with E-state index in [9.17, 15) is 5.11 Å². The lowest BCUT2D eigenvalue weighted by atomic mass is 10.1. The molecule has 1 aromatic rings. The van der Waals surface area contributed by atoms with Gasteiger partial charge in [-0.3, -0.25) is 4.90 Å². The average Bonchev–Trinajstić information content (AvgIpc) is 2.38. The Morgan fingerprint density at radius 2 is 1.84 bits per heavy atom. The predicted molar refractivity (Wildman–Crippen MR) is 78.7 cm³/mol. The summed E-state index contributed by atoms with van der Waals surface area (Å²) in [7, 11) is 0. The van der Waals surface area contributed by atoms with Crippen molar-refractivity contribution in [2.24, 2.45) is 0 Å². The first-order chi connectivity index (χ1) is 8.91. The Kier molecular flexibility index (Phi) is 4.33. The molecule has 1 N–H and O–H groups in total. The topological polar surface area (TPSA) is 39.6 Å². The number of aromatic nitrogens is 1. The zero-order valence-electron chi connectivity index (χ0n) is 11.9. The number of anilines is 1. The number of rotatable bonds is 2. The number of pyridine rings is 1. The van der Waals surface area contributed by atoms with Gasteiger partial charge in [0.15, 0.2) is 0 Å². The van der Waals surface area contributed by atoms with E-state index in [-0.39, 0.29) is 12.1 Å². The van der Waals surface area contributed by atoms with Crippen molar-refractivity contribution in [3.63, 3.8) is 0 Å². The van der Waals surface area contributed by atoms with Crippen molar-refractivity contribution in [2.45, 2.75) is 32.9 Å². The maximum absolute atomic E-state index is 9.22. The number of piperazine rings is 1. The van der Waals surface area contributed by atoms with Crippen LogP contribution < -0.4 is 4.90 Å². The first-order valence-electron chi connectivity index (χ1n) is 6.68.